The summed E-state index contributed by atoms with van der Waals surface area (Å²) in [4.78, 5) is 13.4. The van der Waals surface area contributed by atoms with Crippen molar-refractivity contribution in [1.29, 1.82) is 0 Å². The van der Waals surface area contributed by atoms with Crippen molar-refractivity contribution in [2.24, 2.45) is 11.8 Å². The Labute approximate surface area is 178 Å². The highest BCUT2D eigenvalue weighted by molar-refractivity contribution is 6.26. The zero-order valence-corrected chi connectivity index (χ0v) is 17.5. The fourth-order valence-electron chi connectivity index (χ4n) is 6.06. The molecule has 2 aromatic carbocycles. The maximum atomic E-state index is 13.6. The molecule has 2 bridgehead atoms. The molecule has 31 heavy (non-hydrogen) atoms. The second kappa shape index (κ2) is 6.70. The molecule has 0 spiro atoms. The molecule has 0 aromatic heterocycles. The topological polar surface area (TPSA) is 46.5 Å². The summed E-state index contributed by atoms with van der Waals surface area (Å²) in [6, 6.07) is 9.47. The molecule has 162 valence electrons. The van der Waals surface area contributed by atoms with Crippen molar-refractivity contribution in [3.63, 3.8) is 0 Å². The van der Waals surface area contributed by atoms with Crippen molar-refractivity contribution >= 4 is 11.4 Å². The summed E-state index contributed by atoms with van der Waals surface area (Å²) in [7, 11) is 0. The molecule has 3 nitrogen and oxygen atoms in total. The fraction of sp³-hybridized carbons (Fsp3) is 0.400. The van der Waals surface area contributed by atoms with E-state index < -0.39 is 41.7 Å². The molecule has 2 heterocycles. The highest BCUT2D eigenvalue weighted by atomic mass is 19.4. The van der Waals surface area contributed by atoms with Crippen molar-refractivity contribution in [1.82, 2.24) is 0 Å². The van der Waals surface area contributed by atoms with Crippen molar-refractivity contribution in [2.45, 2.75) is 51.5 Å². The minimum absolute atomic E-state index is 0.0354. The third-order valence-corrected chi connectivity index (χ3v) is 7.07. The Balaban J connectivity index is 1.58. The molecule has 1 aliphatic carbocycles. The second-order valence-electron chi connectivity index (χ2n) is 9.02. The largest absolute Gasteiger partial charge is 0.511 e. The van der Waals surface area contributed by atoms with Crippen molar-refractivity contribution < 1.29 is 27.8 Å². The molecule has 5 atom stereocenters. The zero-order chi connectivity index (χ0) is 22.2. The van der Waals surface area contributed by atoms with Gasteiger partial charge in [-0.2, -0.15) is 13.2 Å². The number of hydrogen-bond acceptors (Lipinski definition) is 3. The van der Waals surface area contributed by atoms with E-state index in [1.165, 1.54) is 12.1 Å². The van der Waals surface area contributed by atoms with Gasteiger partial charge in [0.05, 0.1) is 35.2 Å². The van der Waals surface area contributed by atoms with Crippen LogP contribution in [-0.2, 0) is 15.7 Å². The lowest BCUT2D eigenvalue weighted by molar-refractivity contribution is -0.138. The van der Waals surface area contributed by atoms with Crippen LogP contribution in [0.15, 0.2) is 42.2 Å². The number of fused-ring (bicyclic) bond motifs is 5. The smallest absolute Gasteiger partial charge is 0.416 e. The Hall–Kier alpha value is -2.60. The molecule has 2 aliphatic heterocycles. The Kier molecular flexibility index (Phi) is 4.39. The molecule has 0 saturated carbocycles. The van der Waals surface area contributed by atoms with Crippen LogP contribution in [-0.4, -0.2) is 23.1 Å². The first-order chi connectivity index (χ1) is 14.6. The first-order valence-corrected chi connectivity index (χ1v) is 10.5. The van der Waals surface area contributed by atoms with Crippen LogP contribution in [0.4, 0.5) is 13.2 Å². The summed E-state index contributed by atoms with van der Waals surface area (Å²) < 4.78 is 46.8. The first kappa shape index (κ1) is 20.3. The molecular weight excluding hydrogens is 405 g/mol. The number of benzene rings is 2. The molecular formula is C25H23F3O3. The third-order valence-electron chi connectivity index (χ3n) is 7.07. The molecule has 6 heteroatoms. The van der Waals surface area contributed by atoms with Crippen LogP contribution in [0.2, 0.25) is 0 Å². The predicted molar refractivity (Wildman–Crippen MR) is 110 cm³/mol. The lowest BCUT2D eigenvalue weighted by Crippen LogP contribution is -2.34. The van der Waals surface area contributed by atoms with Crippen LogP contribution in [0.1, 0.15) is 45.7 Å². The summed E-state index contributed by atoms with van der Waals surface area (Å²) in [6.45, 7) is 5.79. The second-order valence-corrected chi connectivity index (χ2v) is 9.02. The van der Waals surface area contributed by atoms with Crippen molar-refractivity contribution in [3.8, 4) is 0 Å². The van der Waals surface area contributed by atoms with Gasteiger partial charge in [0.15, 0.2) is 5.78 Å². The highest BCUT2D eigenvalue weighted by Crippen LogP contribution is 2.59. The average molecular weight is 428 g/mol. The van der Waals surface area contributed by atoms with E-state index in [1.807, 2.05) is 32.9 Å². The van der Waals surface area contributed by atoms with Gasteiger partial charge in [0.1, 0.15) is 5.76 Å². The number of aliphatic hydroxyl groups excluding tert-OH is 1. The van der Waals surface area contributed by atoms with E-state index in [1.54, 1.807) is 6.07 Å². The number of ether oxygens (including phenoxy) is 1. The van der Waals surface area contributed by atoms with E-state index in [-0.39, 0.29) is 17.1 Å². The van der Waals surface area contributed by atoms with E-state index in [9.17, 15) is 23.1 Å². The number of carbonyl (C=O) groups is 1. The van der Waals surface area contributed by atoms with E-state index in [4.69, 9.17) is 4.74 Å². The molecule has 2 fully saturated rings. The molecule has 1 N–H and O–H groups in total. The number of aryl methyl sites for hydroxylation is 3. The number of aliphatic hydroxyl groups is 1. The lowest BCUT2D eigenvalue weighted by Gasteiger charge is -2.29. The summed E-state index contributed by atoms with van der Waals surface area (Å²) in [5.74, 6) is -1.85. The Bertz CT molecular complexity index is 1110. The number of rotatable bonds is 2. The van der Waals surface area contributed by atoms with Crippen LogP contribution in [0.25, 0.3) is 5.57 Å². The minimum Gasteiger partial charge on any atom is -0.511 e. The summed E-state index contributed by atoms with van der Waals surface area (Å²) >= 11 is 0. The molecule has 0 radical (unpaired) electrons. The fourth-order valence-corrected chi connectivity index (χ4v) is 6.06. The molecule has 2 saturated heterocycles. The number of hydrogen-bond donors (Lipinski definition) is 1. The van der Waals surface area contributed by atoms with Crippen LogP contribution >= 0.6 is 0 Å². The van der Waals surface area contributed by atoms with Gasteiger partial charge in [0, 0.05) is 5.92 Å². The normalized spacial score (nSPS) is 29.7. The predicted octanol–water partition coefficient (Wildman–Crippen LogP) is 5.67. The van der Waals surface area contributed by atoms with Gasteiger partial charge in [-0.15, -0.1) is 0 Å². The molecule has 0 unspecified atom stereocenters. The van der Waals surface area contributed by atoms with Gasteiger partial charge in [-0.1, -0.05) is 35.9 Å². The number of allylic oxidation sites excluding steroid dienone is 1. The van der Waals surface area contributed by atoms with Gasteiger partial charge in [-0.25, -0.2) is 0 Å². The van der Waals surface area contributed by atoms with Gasteiger partial charge < -0.3 is 9.84 Å². The maximum Gasteiger partial charge on any atom is 0.416 e. The minimum atomic E-state index is -4.47. The summed E-state index contributed by atoms with van der Waals surface area (Å²) in [5, 5.41) is 11.2. The number of carbonyl (C=O) groups excluding carboxylic acids is 1. The van der Waals surface area contributed by atoms with Crippen molar-refractivity contribution in [3.05, 3.63) is 75.5 Å². The van der Waals surface area contributed by atoms with Crippen LogP contribution in [0, 0.1) is 32.6 Å². The molecule has 3 aliphatic rings. The number of ketones is 1. The molecule has 5 rings (SSSR count). The number of alkyl halides is 3. The van der Waals surface area contributed by atoms with Crippen LogP contribution < -0.4 is 0 Å². The Morgan fingerprint density at radius 1 is 1.03 bits per heavy atom. The van der Waals surface area contributed by atoms with Gasteiger partial charge >= 0.3 is 6.18 Å². The maximum absolute atomic E-state index is 13.6. The quantitative estimate of drug-likeness (QED) is 0.671. The molecule has 0 amide bonds. The highest BCUT2D eigenvalue weighted by Gasteiger charge is 2.63. The van der Waals surface area contributed by atoms with E-state index in [0.717, 1.165) is 28.3 Å². The van der Waals surface area contributed by atoms with E-state index >= 15 is 0 Å². The number of halogens is 3. The summed E-state index contributed by atoms with van der Waals surface area (Å²) in [5.41, 5.74) is 3.42. The third kappa shape index (κ3) is 2.88. The lowest BCUT2D eigenvalue weighted by atomic mass is 9.71. The van der Waals surface area contributed by atoms with E-state index in [2.05, 4.69) is 0 Å². The monoisotopic (exact) mass is 428 g/mol. The standard InChI is InChI=1S/C25H23F3O3/c1-11-8-12(2)18(13(3)9-11)20-22(29)19-17-10-15(24(31-17)21(19)23(20)30)14-6-4-5-7-16(14)25(26,27)28/h4-9,15,17,19,21,24,30H,10H2,1-3H3/t15-,17-,19-,21+,24+/m0/s1. The SMILES string of the molecule is Cc1cc(C)c(C2=C(O)[C@@H]3[C@@H]4O[C@@H](C[C@H]4c4ccccc4C(F)(F)F)[C@@H]3C2=O)c(C)c1. The first-order valence-electron chi connectivity index (χ1n) is 10.5. The Morgan fingerprint density at radius 2 is 1.68 bits per heavy atom. The number of Topliss-reactive ketones (excluding diaryl/α,β-unsaturated/α-hetero) is 1. The Morgan fingerprint density at radius 3 is 2.32 bits per heavy atom. The summed E-state index contributed by atoms with van der Waals surface area (Å²) in [6.07, 6.45) is -5.26. The average Bonchev–Trinajstić information content (AvgIpc) is 3.34. The van der Waals surface area contributed by atoms with E-state index in [0.29, 0.717) is 12.0 Å². The van der Waals surface area contributed by atoms with Gasteiger partial charge in [-0.3, -0.25) is 4.79 Å². The van der Waals surface area contributed by atoms with Crippen molar-refractivity contribution in [2.75, 3.05) is 0 Å². The van der Waals surface area contributed by atoms with Gasteiger partial charge in [0.2, 0.25) is 0 Å². The van der Waals surface area contributed by atoms with Crippen LogP contribution in [0.5, 0.6) is 0 Å². The zero-order valence-electron chi connectivity index (χ0n) is 17.5. The van der Waals surface area contributed by atoms with Gasteiger partial charge in [-0.05, 0) is 55.5 Å². The molecule has 2 aromatic rings. The van der Waals surface area contributed by atoms with Crippen LogP contribution in [0.3, 0.4) is 0 Å². The van der Waals surface area contributed by atoms with Gasteiger partial charge in [0.25, 0.3) is 0 Å².